The lowest BCUT2D eigenvalue weighted by molar-refractivity contribution is -0.128. The van der Waals surface area contributed by atoms with Gasteiger partial charge < -0.3 is 14.5 Å². The van der Waals surface area contributed by atoms with Crippen LogP contribution in [0, 0.1) is 0 Å². The third-order valence-corrected chi connectivity index (χ3v) is 7.34. The summed E-state index contributed by atoms with van der Waals surface area (Å²) in [5.74, 6) is 1.09. The zero-order chi connectivity index (χ0) is 22.8. The van der Waals surface area contributed by atoms with Gasteiger partial charge in [-0.25, -0.2) is 9.61 Å². The number of nitrogens with one attached hydrogen (secondary N) is 1. The molecule has 0 aliphatic carbocycles. The number of carbonyl (C=O) groups is 1. The maximum absolute atomic E-state index is 12.9. The molecule has 1 amide bonds. The number of thioether (sulfide) groups is 1. The zero-order valence-corrected chi connectivity index (χ0v) is 19.6. The Labute approximate surface area is 198 Å². The summed E-state index contributed by atoms with van der Waals surface area (Å²) in [5.41, 5.74) is 1.85. The standard InChI is InChI=1S/C22H22N6O3S2/c1-31-18-6-3-2-5-16(18)26-8-10-27(11-9-26)20(29)14-33-22-24-23-21(30)17-13-15(25-28(17)22)19-7-4-12-32-19/h2-7,12-13H,8-11,14H2,1H3,(H,23,30). The molecule has 4 heterocycles. The minimum atomic E-state index is -0.312. The number of aromatic nitrogens is 4. The maximum atomic E-state index is 12.9. The topological polar surface area (TPSA) is 95.8 Å². The van der Waals surface area contributed by atoms with Crippen molar-refractivity contribution in [2.24, 2.45) is 0 Å². The molecule has 0 bridgehead atoms. The Morgan fingerprint density at radius 2 is 2.00 bits per heavy atom. The molecule has 0 saturated carbocycles. The van der Waals surface area contributed by atoms with Gasteiger partial charge in [-0.3, -0.25) is 9.59 Å². The smallest absolute Gasteiger partial charge is 0.290 e. The summed E-state index contributed by atoms with van der Waals surface area (Å²) in [6.45, 7) is 2.74. The maximum Gasteiger partial charge on any atom is 0.290 e. The number of methoxy groups -OCH3 is 1. The highest BCUT2D eigenvalue weighted by atomic mass is 32.2. The molecule has 1 fully saturated rings. The molecular weight excluding hydrogens is 460 g/mol. The highest BCUT2D eigenvalue weighted by Gasteiger charge is 2.23. The van der Waals surface area contributed by atoms with Crippen molar-refractivity contribution in [1.82, 2.24) is 24.7 Å². The third kappa shape index (κ3) is 4.33. The molecule has 1 N–H and O–H groups in total. The first kappa shape index (κ1) is 21.5. The number of hydrogen-bond acceptors (Lipinski definition) is 8. The monoisotopic (exact) mass is 482 g/mol. The minimum Gasteiger partial charge on any atom is -0.495 e. The molecule has 0 spiro atoms. The summed E-state index contributed by atoms with van der Waals surface area (Å²) < 4.78 is 6.98. The highest BCUT2D eigenvalue weighted by Crippen LogP contribution is 2.29. The lowest BCUT2D eigenvalue weighted by atomic mass is 10.2. The molecule has 11 heteroatoms. The predicted octanol–water partition coefficient (Wildman–Crippen LogP) is 2.60. The normalized spacial score (nSPS) is 14.1. The first-order valence-electron chi connectivity index (χ1n) is 10.4. The molecule has 0 radical (unpaired) electrons. The number of thiophene rings is 1. The van der Waals surface area contributed by atoms with Crippen molar-refractivity contribution >= 4 is 40.2 Å². The Morgan fingerprint density at radius 3 is 2.76 bits per heavy atom. The van der Waals surface area contributed by atoms with E-state index in [4.69, 9.17) is 4.74 Å². The van der Waals surface area contributed by atoms with Gasteiger partial charge in [0.1, 0.15) is 17.0 Å². The SMILES string of the molecule is COc1ccccc1N1CCN(C(=O)CSc2n[nH]c(=O)c3cc(-c4cccs4)nn23)CC1. The largest absolute Gasteiger partial charge is 0.495 e. The third-order valence-electron chi connectivity index (χ3n) is 5.53. The van der Waals surface area contributed by atoms with Crippen molar-refractivity contribution in [1.29, 1.82) is 0 Å². The predicted molar refractivity (Wildman–Crippen MR) is 129 cm³/mol. The van der Waals surface area contributed by atoms with Crippen LogP contribution in [0.15, 0.2) is 57.8 Å². The summed E-state index contributed by atoms with van der Waals surface area (Å²) in [6.07, 6.45) is 0. The lowest BCUT2D eigenvalue weighted by Gasteiger charge is -2.36. The van der Waals surface area contributed by atoms with Gasteiger partial charge >= 0.3 is 0 Å². The Bertz CT molecular complexity index is 1330. The molecular formula is C22H22N6O3S2. The van der Waals surface area contributed by atoms with Crippen LogP contribution in [0.3, 0.4) is 0 Å². The van der Waals surface area contributed by atoms with Gasteiger partial charge in [0.25, 0.3) is 5.56 Å². The Balaban J connectivity index is 1.24. The van der Waals surface area contributed by atoms with E-state index in [2.05, 4.69) is 20.2 Å². The fourth-order valence-corrected chi connectivity index (χ4v) is 5.32. The number of rotatable bonds is 6. The second-order valence-corrected chi connectivity index (χ2v) is 9.36. The number of ether oxygens (including phenoxy) is 1. The molecule has 3 aromatic heterocycles. The summed E-state index contributed by atoms with van der Waals surface area (Å²) in [6, 6.07) is 13.6. The number of piperazine rings is 1. The first-order valence-corrected chi connectivity index (χ1v) is 12.3. The lowest BCUT2D eigenvalue weighted by Crippen LogP contribution is -2.49. The van der Waals surface area contributed by atoms with Gasteiger partial charge in [0.2, 0.25) is 11.1 Å². The molecule has 4 aromatic rings. The number of benzene rings is 1. The number of para-hydroxylation sites is 2. The number of amides is 1. The van der Waals surface area contributed by atoms with Crippen LogP contribution in [0.2, 0.25) is 0 Å². The number of H-pyrrole nitrogens is 1. The quantitative estimate of drug-likeness (QED) is 0.422. The van der Waals surface area contributed by atoms with Crippen LogP contribution >= 0.6 is 23.1 Å². The van der Waals surface area contributed by atoms with E-state index < -0.39 is 0 Å². The Hall–Kier alpha value is -3.31. The fourth-order valence-electron chi connectivity index (χ4n) is 3.84. The van der Waals surface area contributed by atoms with Crippen LogP contribution in [-0.2, 0) is 4.79 Å². The first-order chi connectivity index (χ1) is 16.1. The average Bonchev–Trinajstić information content (AvgIpc) is 3.54. The van der Waals surface area contributed by atoms with Crippen LogP contribution in [-0.4, -0.2) is 69.7 Å². The number of hydrogen-bond donors (Lipinski definition) is 1. The number of nitrogens with zero attached hydrogens (tertiary/aromatic N) is 5. The number of anilines is 1. The van der Waals surface area contributed by atoms with Gasteiger partial charge in [-0.05, 0) is 29.6 Å². The Kier molecular flexibility index (Phi) is 6.05. The molecule has 5 rings (SSSR count). The van der Waals surface area contributed by atoms with E-state index in [1.807, 2.05) is 46.7 Å². The van der Waals surface area contributed by atoms with Gasteiger partial charge in [0.15, 0.2) is 0 Å². The van der Waals surface area contributed by atoms with Crippen molar-refractivity contribution in [2.45, 2.75) is 5.16 Å². The molecule has 9 nitrogen and oxygen atoms in total. The molecule has 170 valence electrons. The number of fused-ring (bicyclic) bond motifs is 1. The van der Waals surface area contributed by atoms with E-state index in [-0.39, 0.29) is 17.2 Å². The van der Waals surface area contributed by atoms with Crippen molar-refractivity contribution < 1.29 is 9.53 Å². The van der Waals surface area contributed by atoms with Crippen molar-refractivity contribution in [3.63, 3.8) is 0 Å². The van der Waals surface area contributed by atoms with E-state index in [0.717, 1.165) is 29.4 Å². The van der Waals surface area contributed by atoms with Crippen LogP contribution < -0.4 is 15.2 Å². The zero-order valence-electron chi connectivity index (χ0n) is 17.9. The average molecular weight is 483 g/mol. The molecule has 0 unspecified atom stereocenters. The van der Waals surface area contributed by atoms with Crippen LogP contribution in [0.5, 0.6) is 5.75 Å². The molecule has 0 atom stereocenters. The van der Waals surface area contributed by atoms with E-state index >= 15 is 0 Å². The van der Waals surface area contributed by atoms with Crippen molar-refractivity contribution in [3.05, 3.63) is 58.2 Å². The van der Waals surface area contributed by atoms with E-state index in [1.165, 1.54) is 16.3 Å². The fraction of sp³-hybridized carbons (Fsp3) is 0.273. The molecule has 1 aromatic carbocycles. The summed E-state index contributed by atoms with van der Waals surface area (Å²) in [5, 5.41) is 13.6. The number of aromatic amines is 1. The highest BCUT2D eigenvalue weighted by molar-refractivity contribution is 7.99. The summed E-state index contributed by atoms with van der Waals surface area (Å²) >= 11 is 2.82. The molecule has 1 saturated heterocycles. The minimum absolute atomic E-state index is 0.0338. The molecule has 1 aliphatic rings. The second kappa shape index (κ2) is 9.28. The van der Waals surface area contributed by atoms with Gasteiger partial charge in [-0.1, -0.05) is 30.0 Å². The van der Waals surface area contributed by atoms with Gasteiger partial charge in [-0.15, -0.1) is 16.4 Å². The van der Waals surface area contributed by atoms with Gasteiger partial charge in [-0.2, -0.15) is 5.10 Å². The van der Waals surface area contributed by atoms with Crippen LogP contribution in [0.4, 0.5) is 5.69 Å². The van der Waals surface area contributed by atoms with Crippen molar-refractivity contribution in [3.8, 4) is 16.3 Å². The Morgan fingerprint density at radius 1 is 1.18 bits per heavy atom. The van der Waals surface area contributed by atoms with E-state index in [0.29, 0.717) is 29.5 Å². The summed E-state index contributed by atoms with van der Waals surface area (Å²) in [4.78, 5) is 30.2. The molecule has 1 aliphatic heterocycles. The van der Waals surface area contributed by atoms with Gasteiger partial charge in [0.05, 0.1) is 23.4 Å². The van der Waals surface area contributed by atoms with Crippen molar-refractivity contribution in [2.75, 3.05) is 43.9 Å². The summed E-state index contributed by atoms with van der Waals surface area (Å²) in [7, 11) is 1.67. The number of carbonyl (C=O) groups excluding carboxylic acids is 1. The van der Waals surface area contributed by atoms with Gasteiger partial charge in [0, 0.05) is 26.2 Å². The molecule has 33 heavy (non-hydrogen) atoms. The van der Waals surface area contributed by atoms with E-state index in [1.54, 1.807) is 24.5 Å². The van der Waals surface area contributed by atoms with E-state index in [9.17, 15) is 9.59 Å². The van der Waals surface area contributed by atoms with Crippen LogP contribution in [0.25, 0.3) is 16.1 Å². The second-order valence-electron chi connectivity index (χ2n) is 7.47. The van der Waals surface area contributed by atoms with Crippen LogP contribution in [0.1, 0.15) is 0 Å².